The van der Waals surface area contributed by atoms with E-state index in [-0.39, 0.29) is 24.0 Å². The van der Waals surface area contributed by atoms with Gasteiger partial charge in [-0.25, -0.2) is 4.98 Å². The van der Waals surface area contributed by atoms with Gasteiger partial charge in [0.05, 0.1) is 22.8 Å². The minimum Gasteiger partial charge on any atom is -0.495 e. The summed E-state index contributed by atoms with van der Waals surface area (Å²) in [5.74, 6) is 0.985. The van der Waals surface area contributed by atoms with Gasteiger partial charge in [-0.3, -0.25) is 4.99 Å². The Morgan fingerprint density at radius 2 is 2.17 bits per heavy atom. The molecule has 5 nitrogen and oxygen atoms in total. The fraction of sp³-hybridized carbons (Fsp3) is 0.333. The first-order valence-corrected chi connectivity index (χ1v) is 8.02. The number of anilines is 1. The van der Waals surface area contributed by atoms with Crippen molar-refractivity contribution in [1.82, 2.24) is 4.98 Å². The number of benzene rings is 1. The number of nitrogens with zero attached hydrogens (tertiary/aromatic N) is 2. The number of ether oxygens (including phenoxy) is 1. The van der Waals surface area contributed by atoms with E-state index in [9.17, 15) is 0 Å². The van der Waals surface area contributed by atoms with Gasteiger partial charge in [0, 0.05) is 23.5 Å². The van der Waals surface area contributed by atoms with Crippen LogP contribution in [0, 0.1) is 13.8 Å². The first-order valence-electron chi connectivity index (χ1n) is 6.83. The molecule has 3 N–H and O–H groups in total. The number of rotatable bonds is 5. The van der Waals surface area contributed by atoms with Gasteiger partial charge in [0.2, 0.25) is 0 Å². The molecule has 2 aromatic rings. The molecule has 0 fully saturated rings. The third-order valence-electron chi connectivity index (χ3n) is 3.04. The Bertz CT molecular complexity index is 690. The number of guanidine groups is 1. The average molecular weight is 467 g/mol. The Kier molecular flexibility index (Phi) is 8.07. The van der Waals surface area contributed by atoms with Gasteiger partial charge >= 0.3 is 0 Å². The SMILES string of the molecule is COc1ccc(NC(N)=NCCc2sc(C)nc2C)cc1Cl.I. The van der Waals surface area contributed by atoms with Crippen molar-refractivity contribution in [3.63, 3.8) is 0 Å². The van der Waals surface area contributed by atoms with E-state index >= 15 is 0 Å². The summed E-state index contributed by atoms with van der Waals surface area (Å²) in [6.07, 6.45) is 0.836. The van der Waals surface area contributed by atoms with Gasteiger partial charge in [-0.15, -0.1) is 35.3 Å². The zero-order chi connectivity index (χ0) is 16.1. The number of aromatic nitrogens is 1. The lowest BCUT2D eigenvalue weighted by molar-refractivity contribution is 0.415. The molecule has 0 aliphatic carbocycles. The summed E-state index contributed by atoms with van der Waals surface area (Å²) in [7, 11) is 1.58. The van der Waals surface area contributed by atoms with Crippen molar-refractivity contribution in [2.75, 3.05) is 19.0 Å². The Balaban J connectivity index is 0.00000264. The van der Waals surface area contributed by atoms with Gasteiger partial charge in [0.1, 0.15) is 5.75 Å². The maximum Gasteiger partial charge on any atom is 0.193 e. The van der Waals surface area contributed by atoms with Crippen LogP contribution in [0.4, 0.5) is 5.69 Å². The molecule has 0 spiro atoms. The Morgan fingerprint density at radius 1 is 1.43 bits per heavy atom. The molecule has 8 heteroatoms. The molecule has 0 aliphatic heterocycles. The lowest BCUT2D eigenvalue weighted by Gasteiger charge is -2.08. The molecule has 0 radical (unpaired) electrons. The van der Waals surface area contributed by atoms with E-state index in [2.05, 4.69) is 15.3 Å². The molecule has 1 aromatic carbocycles. The van der Waals surface area contributed by atoms with Crippen molar-refractivity contribution in [2.45, 2.75) is 20.3 Å². The summed E-state index contributed by atoms with van der Waals surface area (Å²) in [5, 5.41) is 4.62. The smallest absolute Gasteiger partial charge is 0.193 e. The molecular formula is C15H20ClIN4OS. The lowest BCUT2D eigenvalue weighted by Crippen LogP contribution is -2.23. The number of halogens is 2. The number of aliphatic imine (C=N–C) groups is 1. The van der Waals surface area contributed by atoms with Crippen LogP contribution in [0.3, 0.4) is 0 Å². The zero-order valence-corrected chi connectivity index (χ0v) is 17.1. The first kappa shape index (κ1) is 20.0. The van der Waals surface area contributed by atoms with Gasteiger partial charge in [0.25, 0.3) is 0 Å². The van der Waals surface area contributed by atoms with E-state index < -0.39 is 0 Å². The van der Waals surface area contributed by atoms with E-state index in [0.29, 0.717) is 23.3 Å². The topological polar surface area (TPSA) is 72.5 Å². The molecule has 0 amide bonds. The average Bonchev–Trinajstić information content (AvgIpc) is 2.77. The van der Waals surface area contributed by atoms with Crippen LogP contribution in [0.5, 0.6) is 5.75 Å². The number of methoxy groups -OCH3 is 1. The van der Waals surface area contributed by atoms with Crippen LogP contribution in [-0.4, -0.2) is 24.6 Å². The highest BCUT2D eigenvalue weighted by Gasteiger charge is 2.05. The number of hydrogen-bond donors (Lipinski definition) is 2. The van der Waals surface area contributed by atoms with Crippen molar-refractivity contribution < 1.29 is 4.74 Å². The second kappa shape index (κ2) is 9.29. The minimum atomic E-state index is 0. The van der Waals surface area contributed by atoms with Crippen LogP contribution >= 0.6 is 46.9 Å². The molecule has 2 rings (SSSR count). The van der Waals surface area contributed by atoms with Crippen molar-refractivity contribution in [3.8, 4) is 5.75 Å². The van der Waals surface area contributed by atoms with E-state index in [1.54, 1.807) is 30.6 Å². The van der Waals surface area contributed by atoms with E-state index in [1.807, 2.05) is 19.9 Å². The molecule has 23 heavy (non-hydrogen) atoms. The number of thiazole rings is 1. The second-order valence-corrected chi connectivity index (χ2v) is 6.43. The number of aryl methyl sites for hydroxylation is 2. The molecule has 0 aliphatic rings. The minimum absolute atomic E-state index is 0. The Hall–Kier alpha value is -1.06. The highest BCUT2D eigenvalue weighted by molar-refractivity contribution is 14.0. The molecule has 126 valence electrons. The van der Waals surface area contributed by atoms with Crippen molar-refractivity contribution in [2.24, 2.45) is 10.7 Å². The summed E-state index contributed by atoms with van der Waals surface area (Å²) < 4.78 is 5.11. The third-order valence-corrected chi connectivity index (χ3v) is 4.47. The van der Waals surface area contributed by atoms with Crippen molar-refractivity contribution >= 4 is 58.6 Å². The summed E-state index contributed by atoms with van der Waals surface area (Å²) in [6.45, 7) is 4.64. The van der Waals surface area contributed by atoms with Gasteiger partial charge in [-0.05, 0) is 32.0 Å². The molecule has 0 atom stereocenters. The highest BCUT2D eigenvalue weighted by Crippen LogP contribution is 2.27. The molecular weight excluding hydrogens is 447 g/mol. The van der Waals surface area contributed by atoms with Crippen LogP contribution in [0.25, 0.3) is 0 Å². The highest BCUT2D eigenvalue weighted by atomic mass is 127. The van der Waals surface area contributed by atoms with Crippen molar-refractivity contribution in [1.29, 1.82) is 0 Å². The van der Waals surface area contributed by atoms with Crippen LogP contribution in [0.15, 0.2) is 23.2 Å². The summed E-state index contributed by atoms with van der Waals surface area (Å²) in [5.41, 5.74) is 7.74. The molecule has 0 saturated carbocycles. The monoisotopic (exact) mass is 466 g/mol. The van der Waals surface area contributed by atoms with Crippen LogP contribution in [0.2, 0.25) is 5.02 Å². The molecule has 0 bridgehead atoms. The Morgan fingerprint density at radius 3 is 2.74 bits per heavy atom. The summed E-state index contributed by atoms with van der Waals surface area (Å²) >= 11 is 7.77. The predicted molar refractivity (Wildman–Crippen MR) is 109 cm³/mol. The fourth-order valence-electron chi connectivity index (χ4n) is 2.01. The third kappa shape index (κ3) is 5.82. The van der Waals surface area contributed by atoms with Gasteiger partial charge in [0.15, 0.2) is 5.96 Å². The van der Waals surface area contributed by atoms with Gasteiger partial charge < -0.3 is 15.8 Å². The standard InChI is InChI=1S/C15H19ClN4OS.HI/c1-9-14(22-10(2)19-9)6-7-18-15(17)20-11-4-5-13(21-3)12(16)8-11;/h4-5,8H,6-7H2,1-3H3,(H3,17,18,20);1H. The quantitative estimate of drug-likeness (QED) is 0.397. The van der Waals surface area contributed by atoms with Crippen LogP contribution in [-0.2, 0) is 6.42 Å². The van der Waals surface area contributed by atoms with E-state index in [0.717, 1.165) is 22.8 Å². The fourth-order valence-corrected chi connectivity index (χ4v) is 3.20. The van der Waals surface area contributed by atoms with Gasteiger partial charge in [-0.2, -0.15) is 0 Å². The van der Waals surface area contributed by atoms with Crippen molar-refractivity contribution in [3.05, 3.63) is 38.8 Å². The normalized spacial score (nSPS) is 11.0. The zero-order valence-electron chi connectivity index (χ0n) is 13.2. The van der Waals surface area contributed by atoms with Crippen LogP contribution in [0.1, 0.15) is 15.6 Å². The number of nitrogens with one attached hydrogen (secondary N) is 1. The number of hydrogen-bond acceptors (Lipinski definition) is 4. The van der Waals surface area contributed by atoms with Crippen LogP contribution < -0.4 is 15.8 Å². The molecule has 1 aromatic heterocycles. The second-order valence-electron chi connectivity index (χ2n) is 4.73. The van der Waals surface area contributed by atoms with Gasteiger partial charge in [-0.1, -0.05) is 11.6 Å². The first-order chi connectivity index (χ1) is 10.5. The molecule has 0 saturated heterocycles. The predicted octanol–water partition coefficient (Wildman–Crippen LogP) is 4.01. The summed E-state index contributed by atoms with van der Waals surface area (Å²) in [4.78, 5) is 9.98. The lowest BCUT2D eigenvalue weighted by atomic mass is 10.3. The molecule has 0 unspecified atom stereocenters. The van der Waals surface area contributed by atoms with E-state index in [4.69, 9.17) is 22.1 Å². The molecule has 1 heterocycles. The largest absolute Gasteiger partial charge is 0.495 e. The Labute approximate surface area is 162 Å². The van der Waals surface area contributed by atoms with E-state index in [1.165, 1.54) is 4.88 Å². The summed E-state index contributed by atoms with van der Waals surface area (Å²) in [6, 6.07) is 5.37. The maximum absolute atomic E-state index is 6.07. The maximum atomic E-state index is 6.07. The number of nitrogens with two attached hydrogens (primary N) is 1.